The van der Waals surface area contributed by atoms with E-state index >= 15 is 0 Å². The van der Waals surface area contributed by atoms with Gasteiger partial charge in [0.25, 0.3) is 0 Å². The molecule has 2 aromatic heterocycles. The Morgan fingerprint density at radius 3 is 2.48 bits per heavy atom. The average molecular weight is 631 g/mol. The molecule has 44 heavy (non-hydrogen) atoms. The molecule has 13 nitrogen and oxygen atoms in total. The van der Waals surface area contributed by atoms with Crippen LogP contribution in [0.2, 0.25) is 0 Å². The highest BCUT2D eigenvalue weighted by Crippen LogP contribution is 2.61. The lowest BCUT2D eigenvalue weighted by Gasteiger charge is -2.52. The molecule has 0 aromatic carbocycles. The van der Waals surface area contributed by atoms with E-state index < -0.39 is 53.4 Å². The van der Waals surface area contributed by atoms with Crippen LogP contribution in [0.3, 0.4) is 0 Å². The first-order valence-corrected chi connectivity index (χ1v) is 15.7. The molecule has 238 valence electrons. The van der Waals surface area contributed by atoms with Crippen LogP contribution in [0.4, 0.5) is 4.79 Å². The third-order valence-corrected chi connectivity index (χ3v) is 10.2. The second-order valence-electron chi connectivity index (χ2n) is 12.2. The summed E-state index contributed by atoms with van der Waals surface area (Å²) in [6.45, 7) is 5.02. The zero-order valence-corrected chi connectivity index (χ0v) is 26.3. The minimum absolute atomic E-state index is 0.0641. The number of aromatic nitrogens is 2. The molecular formula is C30H38N4O9S. The molecule has 14 heteroatoms. The summed E-state index contributed by atoms with van der Waals surface area (Å²) in [5.41, 5.74) is -1.23. The summed E-state index contributed by atoms with van der Waals surface area (Å²) in [6, 6.07) is -0.818. The third-order valence-electron chi connectivity index (χ3n) is 9.12. The van der Waals surface area contributed by atoms with Crippen LogP contribution >= 0.6 is 11.3 Å². The van der Waals surface area contributed by atoms with Crippen molar-refractivity contribution in [2.24, 2.45) is 11.3 Å². The van der Waals surface area contributed by atoms with Crippen molar-refractivity contribution in [2.45, 2.75) is 90.1 Å². The van der Waals surface area contributed by atoms with Crippen molar-refractivity contribution in [3.05, 3.63) is 28.8 Å². The molecule has 4 heterocycles. The summed E-state index contributed by atoms with van der Waals surface area (Å²) in [4.78, 5) is 72.0. The number of β-lactam (4-membered cyclic amide) rings is 1. The number of ether oxygens (including phenoxy) is 2. The van der Waals surface area contributed by atoms with Gasteiger partial charge in [0.05, 0.1) is 34.8 Å². The monoisotopic (exact) mass is 630 g/mol. The number of thiazole rings is 1. The Balaban J connectivity index is 1.59. The fraction of sp³-hybridized carbons (Fsp3) is 0.600. The number of hydrogen-bond donors (Lipinski definition) is 2. The number of carboxylic acids is 1. The van der Waals surface area contributed by atoms with Gasteiger partial charge in [0.15, 0.2) is 5.78 Å². The first-order valence-electron chi connectivity index (χ1n) is 14.9. The van der Waals surface area contributed by atoms with E-state index in [1.165, 1.54) is 23.1 Å². The molecule has 1 saturated heterocycles. The lowest BCUT2D eigenvalue weighted by atomic mass is 9.64. The van der Waals surface area contributed by atoms with Crippen LogP contribution < -0.4 is 0 Å². The summed E-state index contributed by atoms with van der Waals surface area (Å²) in [6.07, 6.45) is 4.22. The average Bonchev–Trinajstić information content (AvgIpc) is 3.60. The number of rotatable bonds is 10. The molecule has 0 radical (unpaired) electrons. The van der Waals surface area contributed by atoms with Gasteiger partial charge in [-0.15, -0.1) is 11.3 Å². The Hall–Kier alpha value is -3.78. The molecule has 3 aliphatic rings. The van der Waals surface area contributed by atoms with Crippen LogP contribution in [0.15, 0.2) is 18.2 Å². The van der Waals surface area contributed by atoms with Gasteiger partial charge in [-0.05, 0) is 46.0 Å². The van der Waals surface area contributed by atoms with Crippen LogP contribution in [0.1, 0.15) is 81.1 Å². The van der Waals surface area contributed by atoms with Crippen molar-refractivity contribution < 1.29 is 43.7 Å². The number of nitrogens with zero attached hydrogens (tertiary/aromatic N) is 4. The molecule has 1 saturated carbocycles. The zero-order valence-electron chi connectivity index (χ0n) is 25.4. The molecule has 2 N–H and O–H groups in total. The van der Waals surface area contributed by atoms with Gasteiger partial charge in [-0.2, -0.15) is 0 Å². The SMILES string of the molecule is CCC(OC(=O)OC1CCCCC1)[C@@]1(C)C(c2cn3cnc(C(=O)CC(=O)N(C)C)c3s2)=C(C(=O)O)N2C(=O)[C@H]([C@@H](C)O)[C@@H]21. The maximum absolute atomic E-state index is 13.3. The molecule has 2 aromatic rings. The highest BCUT2D eigenvalue weighted by atomic mass is 32.1. The molecule has 5 rings (SSSR count). The minimum Gasteiger partial charge on any atom is -0.477 e. The minimum atomic E-state index is -1.35. The molecule has 1 unspecified atom stereocenters. The molecule has 2 fully saturated rings. The maximum atomic E-state index is 13.3. The number of carbonyl (C=O) groups excluding carboxylic acids is 4. The van der Waals surface area contributed by atoms with Crippen LogP contribution in [0, 0.1) is 11.3 Å². The first kappa shape index (κ1) is 31.6. The van der Waals surface area contributed by atoms with Gasteiger partial charge in [0.2, 0.25) is 11.8 Å². The standard InChI is InChI=1S/C30H38N4O9S/c1-6-19(43-29(41)42-16-10-8-7-9-11-16)30(3)22(24(28(39)40)34-25(30)21(15(2)35)26(34)38)18-13-33-14-31-23(27(33)44-18)17(36)12-20(37)32(4)5/h13-16,19,21,25,35H,6-12H2,1-5H3,(H,39,40)/t15-,19?,21-,25-,30+/m1/s1. The number of amides is 2. The van der Waals surface area contributed by atoms with Crippen molar-refractivity contribution in [3.8, 4) is 0 Å². The van der Waals surface area contributed by atoms with Gasteiger partial charge in [-0.1, -0.05) is 13.3 Å². The number of carboxylic acid groups (broad SMARTS) is 1. The van der Waals surface area contributed by atoms with E-state index in [0.29, 0.717) is 9.71 Å². The number of Topliss-reactive ketones (excluding diaryl/α,β-unsaturated/α-hetero) is 1. The van der Waals surface area contributed by atoms with Crippen LogP contribution in [0.25, 0.3) is 10.4 Å². The second-order valence-corrected chi connectivity index (χ2v) is 13.2. The van der Waals surface area contributed by atoms with Crippen LogP contribution in [-0.2, 0) is 23.9 Å². The van der Waals surface area contributed by atoms with Crippen molar-refractivity contribution in [1.29, 1.82) is 0 Å². The lowest BCUT2D eigenvalue weighted by Crippen LogP contribution is -2.68. The van der Waals surface area contributed by atoms with E-state index in [-0.39, 0.29) is 41.8 Å². The number of imidazole rings is 1. The number of ketones is 1. The summed E-state index contributed by atoms with van der Waals surface area (Å²) in [5, 5.41) is 21.1. The van der Waals surface area contributed by atoms with Gasteiger partial charge in [-0.3, -0.25) is 18.8 Å². The predicted molar refractivity (Wildman–Crippen MR) is 158 cm³/mol. The van der Waals surface area contributed by atoms with Crippen molar-refractivity contribution >= 4 is 51.5 Å². The molecular weight excluding hydrogens is 592 g/mol. The summed E-state index contributed by atoms with van der Waals surface area (Å²) in [5.74, 6) is -3.70. The maximum Gasteiger partial charge on any atom is 0.508 e. The summed E-state index contributed by atoms with van der Waals surface area (Å²) in [7, 11) is 3.09. The number of carbonyl (C=O) groups is 5. The lowest BCUT2D eigenvalue weighted by molar-refractivity contribution is -0.171. The highest BCUT2D eigenvalue weighted by molar-refractivity contribution is 7.18. The normalized spacial score (nSPS) is 25.0. The first-order chi connectivity index (χ1) is 20.8. The van der Waals surface area contributed by atoms with Gasteiger partial charge < -0.3 is 29.5 Å². The topological polar surface area (TPSA) is 168 Å². The highest BCUT2D eigenvalue weighted by Gasteiger charge is 2.69. The largest absolute Gasteiger partial charge is 0.508 e. The van der Waals surface area contributed by atoms with Crippen LogP contribution in [0.5, 0.6) is 0 Å². The van der Waals surface area contributed by atoms with Crippen LogP contribution in [-0.4, -0.2) is 97.6 Å². The Kier molecular flexibility index (Phi) is 8.60. The number of aliphatic carboxylic acids is 1. The van der Waals surface area contributed by atoms with Crippen molar-refractivity contribution in [3.63, 3.8) is 0 Å². The predicted octanol–water partition coefficient (Wildman–Crippen LogP) is 3.34. The quantitative estimate of drug-likeness (QED) is 0.172. The van der Waals surface area contributed by atoms with E-state index in [2.05, 4.69) is 4.98 Å². The van der Waals surface area contributed by atoms with Gasteiger partial charge in [0.1, 0.15) is 34.8 Å². The Labute approximate surface area is 258 Å². The van der Waals surface area contributed by atoms with Gasteiger partial charge >= 0.3 is 12.1 Å². The Bertz CT molecular complexity index is 1540. The van der Waals surface area contributed by atoms with E-state index in [9.17, 15) is 34.2 Å². The second kappa shape index (κ2) is 12.0. The van der Waals surface area contributed by atoms with Crippen molar-refractivity contribution in [1.82, 2.24) is 19.2 Å². The molecule has 2 amide bonds. The molecule has 2 aliphatic heterocycles. The number of hydrogen-bond acceptors (Lipinski definition) is 10. The van der Waals surface area contributed by atoms with E-state index in [0.717, 1.165) is 43.4 Å². The number of aliphatic hydroxyl groups excluding tert-OH is 1. The molecule has 0 bridgehead atoms. The third kappa shape index (κ3) is 5.17. The van der Waals surface area contributed by atoms with E-state index in [1.54, 1.807) is 38.5 Å². The Morgan fingerprint density at radius 1 is 1.20 bits per heavy atom. The summed E-state index contributed by atoms with van der Waals surface area (Å²) >= 11 is 1.09. The molecule has 1 aliphatic carbocycles. The van der Waals surface area contributed by atoms with E-state index in [1.807, 2.05) is 0 Å². The fourth-order valence-corrected chi connectivity index (χ4v) is 8.18. The Morgan fingerprint density at radius 2 is 1.89 bits per heavy atom. The smallest absolute Gasteiger partial charge is 0.477 e. The molecule has 5 atom stereocenters. The number of fused-ring (bicyclic) bond motifs is 2. The van der Waals surface area contributed by atoms with Gasteiger partial charge in [-0.25, -0.2) is 14.6 Å². The summed E-state index contributed by atoms with van der Waals surface area (Å²) < 4.78 is 13.2. The van der Waals surface area contributed by atoms with Crippen molar-refractivity contribution in [2.75, 3.05) is 14.1 Å². The molecule has 0 spiro atoms. The van der Waals surface area contributed by atoms with Gasteiger partial charge in [0, 0.05) is 25.9 Å². The zero-order chi connectivity index (χ0) is 32.1. The fourth-order valence-electron chi connectivity index (χ4n) is 6.92. The van der Waals surface area contributed by atoms with E-state index in [4.69, 9.17) is 9.47 Å². The number of aliphatic hydroxyl groups is 1.